The van der Waals surface area contributed by atoms with Crippen LogP contribution in [-0.2, 0) is 11.2 Å². The molecular weight excluding hydrogens is 265 g/mol. The molecule has 1 N–H and O–H groups in total. The van der Waals surface area contributed by atoms with Crippen molar-refractivity contribution in [2.24, 2.45) is 5.41 Å². The Hall–Kier alpha value is -0.640. The van der Waals surface area contributed by atoms with Crippen molar-refractivity contribution in [3.05, 3.63) is 34.6 Å². The summed E-state index contributed by atoms with van der Waals surface area (Å²) in [6.45, 7) is 5.62. The molecule has 1 atom stereocenters. The smallest absolute Gasteiger partial charge is 0.142 e. The summed E-state index contributed by atoms with van der Waals surface area (Å²) in [5.74, 6) is -0.338. The van der Waals surface area contributed by atoms with Gasteiger partial charge in [-0.3, -0.25) is 0 Å². The highest BCUT2D eigenvalue weighted by Gasteiger charge is 2.34. The number of halogens is 2. The van der Waals surface area contributed by atoms with Crippen LogP contribution in [0.4, 0.5) is 4.39 Å². The van der Waals surface area contributed by atoms with Crippen LogP contribution in [0.3, 0.4) is 0 Å². The van der Waals surface area contributed by atoms with Gasteiger partial charge in [0.05, 0.1) is 11.6 Å². The standard InChI is InChI=1S/C15H21ClFNO/c1-2-6-18-10-15(5-7-19-11-15)9-12-3-4-13(16)14(17)8-12/h3-4,8,18H,2,5-7,9-11H2,1H3. The van der Waals surface area contributed by atoms with E-state index in [1.165, 1.54) is 0 Å². The Labute approximate surface area is 119 Å². The zero-order chi connectivity index (χ0) is 13.7. The van der Waals surface area contributed by atoms with E-state index in [1.807, 2.05) is 6.07 Å². The second kappa shape index (κ2) is 6.69. The minimum Gasteiger partial charge on any atom is -0.381 e. The Morgan fingerprint density at radius 1 is 1.47 bits per heavy atom. The Balaban J connectivity index is 2.05. The fraction of sp³-hybridized carbons (Fsp3) is 0.600. The molecule has 1 aliphatic heterocycles. The molecule has 106 valence electrons. The van der Waals surface area contributed by atoms with Gasteiger partial charge in [-0.15, -0.1) is 0 Å². The normalized spacial score (nSPS) is 22.9. The lowest BCUT2D eigenvalue weighted by Crippen LogP contribution is -2.37. The summed E-state index contributed by atoms with van der Waals surface area (Å²) < 4.78 is 19.1. The molecule has 1 unspecified atom stereocenters. The van der Waals surface area contributed by atoms with Gasteiger partial charge in [0, 0.05) is 18.6 Å². The first-order chi connectivity index (χ1) is 9.15. The largest absolute Gasteiger partial charge is 0.381 e. The Morgan fingerprint density at radius 3 is 2.95 bits per heavy atom. The lowest BCUT2D eigenvalue weighted by atomic mass is 9.81. The SMILES string of the molecule is CCCNCC1(Cc2ccc(Cl)c(F)c2)CCOC1. The Kier molecular flexibility index (Phi) is 5.20. The molecule has 0 radical (unpaired) electrons. The van der Waals surface area contributed by atoms with E-state index < -0.39 is 0 Å². The minimum absolute atomic E-state index is 0.0927. The van der Waals surface area contributed by atoms with Crippen LogP contribution < -0.4 is 5.32 Å². The lowest BCUT2D eigenvalue weighted by molar-refractivity contribution is 0.149. The summed E-state index contributed by atoms with van der Waals surface area (Å²) in [5, 5.41) is 3.65. The Bertz CT molecular complexity index is 419. The topological polar surface area (TPSA) is 21.3 Å². The predicted octanol–water partition coefficient (Wildman–Crippen LogP) is 3.43. The number of ether oxygens (including phenoxy) is 1. The first kappa shape index (κ1) is 14.8. The molecule has 1 heterocycles. The first-order valence-electron chi connectivity index (χ1n) is 6.88. The van der Waals surface area contributed by atoms with Gasteiger partial charge in [-0.05, 0) is 43.5 Å². The van der Waals surface area contributed by atoms with Gasteiger partial charge in [0.1, 0.15) is 5.82 Å². The van der Waals surface area contributed by atoms with Gasteiger partial charge in [0.15, 0.2) is 0 Å². The van der Waals surface area contributed by atoms with E-state index >= 15 is 0 Å². The average molecular weight is 286 g/mol. The van der Waals surface area contributed by atoms with Crippen LogP contribution in [0.5, 0.6) is 0 Å². The minimum atomic E-state index is -0.338. The van der Waals surface area contributed by atoms with Crippen LogP contribution in [-0.4, -0.2) is 26.3 Å². The van der Waals surface area contributed by atoms with Crippen molar-refractivity contribution in [2.75, 3.05) is 26.3 Å². The molecule has 1 aromatic rings. The zero-order valence-electron chi connectivity index (χ0n) is 11.3. The molecule has 1 saturated heterocycles. The number of hydrogen-bond donors (Lipinski definition) is 1. The zero-order valence-corrected chi connectivity index (χ0v) is 12.1. The predicted molar refractivity (Wildman–Crippen MR) is 76.1 cm³/mol. The van der Waals surface area contributed by atoms with E-state index in [0.29, 0.717) is 0 Å². The quantitative estimate of drug-likeness (QED) is 0.809. The molecule has 1 aliphatic rings. The van der Waals surface area contributed by atoms with Crippen LogP contribution >= 0.6 is 11.6 Å². The van der Waals surface area contributed by atoms with E-state index in [1.54, 1.807) is 12.1 Å². The maximum Gasteiger partial charge on any atom is 0.142 e. The van der Waals surface area contributed by atoms with Crippen molar-refractivity contribution in [2.45, 2.75) is 26.2 Å². The third-order valence-electron chi connectivity index (χ3n) is 3.67. The summed E-state index contributed by atoms with van der Waals surface area (Å²) in [4.78, 5) is 0. The summed E-state index contributed by atoms with van der Waals surface area (Å²) >= 11 is 5.72. The van der Waals surface area contributed by atoms with E-state index in [4.69, 9.17) is 16.3 Å². The maximum absolute atomic E-state index is 13.5. The van der Waals surface area contributed by atoms with Gasteiger partial charge in [-0.25, -0.2) is 4.39 Å². The van der Waals surface area contributed by atoms with Crippen molar-refractivity contribution >= 4 is 11.6 Å². The highest BCUT2D eigenvalue weighted by Crippen LogP contribution is 2.32. The van der Waals surface area contributed by atoms with Crippen molar-refractivity contribution in [1.82, 2.24) is 5.32 Å². The van der Waals surface area contributed by atoms with Crippen molar-refractivity contribution < 1.29 is 9.13 Å². The highest BCUT2D eigenvalue weighted by atomic mass is 35.5. The van der Waals surface area contributed by atoms with Gasteiger partial charge < -0.3 is 10.1 Å². The summed E-state index contributed by atoms with van der Waals surface area (Å²) in [6.07, 6.45) is 2.97. The second-order valence-corrected chi connectivity index (χ2v) is 5.81. The third kappa shape index (κ3) is 3.91. The molecule has 1 fully saturated rings. The van der Waals surface area contributed by atoms with Gasteiger partial charge in [0.2, 0.25) is 0 Å². The van der Waals surface area contributed by atoms with Crippen LogP contribution in [0, 0.1) is 11.2 Å². The van der Waals surface area contributed by atoms with E-state index in [0.717, 1.165) is 51.1 Å². The molecule has 2 nitrogen and oxygen atoms in total. The number of rotatable bonds is 6. The molecule has 19 heavy (non-hydrogen) atoms. The van der Waals surface area contributed by atoms with E-state index in [-0.39, 0.29) is 16.3 Å². The molecule has 0 spiro atoms. The number of nitrogens with one attached hydrogen (secondary N) is 1. The van der Waals surface area contributed by atoms with Gasteiger partial charge in [-0.1, -0.05) is 24.6 Å². The van der Waals surface area contributed by atoms with Crippen molar-refractivity contribution in [3.8, 4) is 0 Å². The summed E-state index contributed by atoms with van der Waals surface area (Å²) in [6, 6.07) is 5.09. The van der Waals surface area contributed by atoms with Gasteiger partial charge >= 0.3 is 0 Å². The molecule has 4 heteroatoms. The molecule has 0 bridgehead atoms. The number of benzene rings is 1. The van der Waals surface area contributed by atoms with E-state index in [9.17, 15) is 4.39 Å². The monoisotopic (exact) mass is 285 g/mol. The van der Waals surface area contributed by atoms with Gasteiger partial charge in [-0.2, -0.15) is 0 Å². The fourth-order valence-electron chi connectivity index (χ4n) is 2.60. The average Bonchev–Trinajstić information content (AvgIpc) is 2.83. The van der Waals surface area contributed by atoms with Crippen LogP contribution in [0.1, 0.15) is 25.3 Å². The molecule has 2 rings (SSSR count). The third-order valence-corrected chi connectivity index (χ3v) is 3.98. The van der Waals surface area contributed by atoms with E-state index in [2.05, 4.69) is 12.2 Å². The van der Waals surface area contributed by atoms with Crippen molar-refractivity contribution in [1.29, 1.82) is 0 Å². The maximum atomic E-state index is 13.5. The summed E-state index contributed by atoms with van der Waals surface area (Å²) in [7, 11) is 0. The highest BCUT2D eigenvalue weighted by molar-refractivity contribution is 6.30. The van der Waals surface area contributed by atoms with Gasteiger partial charge in [0.25, 0.3) is 0 Å². The molecular formula is C15H21ClFNO. The lowest BCUT2D eigenvalue weighted by Gasteiger charge is -2.28. The molecule has 0 saturated carbocycles. The first-order valence-corrected chi connectivity index (χ1v) is 7.25. The fourth-order valence-corrected chi connectivity index (χ4v) is 2.72. The van der Waals surface area contributed by atoms with Crippen LogP contribution in [0.15, 0.2) is 18.2 Å². The summed E-state index contributed by atoms with van der Waals surface area (Å²) in [5.41, 5.74) is 1.08. The number of hydrogen-bond acceptors (Lipinski definition) is 2. The molecule has 0 aliphatic carbocycles. The van der Waals surface area contributed by atoms with Crippen LogP contribution in [0.25, 0.3) is 0 Å². The molecule has 0 aromatic heterocycles. The van der Waals surface area contributed by atoms with Crippen molar-refractivity contribution in [3.63, 3.8) is 0 Å². The second-order valence-electron chi connectivity index (χ2n) is 5.40. The molecule has 0 amide bonds. The Morgan fingerprint density at radius 2 is 2.32 bits per heavy atom. The van der Waals surface area contributed by atoms with Crippen LogP contribution in [0.2, 0.25) is 5.02 Å². The molecule has 1 aromatic carbocycles.